The van der Waals surface area contributed by atoms with E-state index in [1.54, 1.807) is 0 Å². The van der Waals surface area contributed by atoms with Gasteiger partial charge in [0.1, 0.15) is 0 Å². The van der Waals surface area contributed by atoms with Crippen LogP contribution >= 0.6 is 11.8 Å². The van der Waals surface area contributed by atoms with Crippen LogP contribution in [0.3, 0.4) is 0 Å². The zero-order valence-electron chi connectivity index (χ0n) is 22.6. The minimum Gasteiger partial charge on any atom is -0.231 e. The summed E-state index contributed by atoms with van der Waals surface area (Å²) in [7, 11) is 0. The normalized spacial score (nSPS) is 42.6. The molecule has 4 saturated carbocycles. The third kappa shape index (κ3) is 4.61. The number of hydrogen-bond acceptors (Lipinski definition) is 3. The van der Waals surface area contributed by atoms with E-state index in [9.17, 15) is 0 Å². The third-order valence-electron chi connectivity index (χ3n) is 11.6. The third-order valence-corrected chi connectivity index (χ3v) is 12.8. The van der Waals surface area contributed by atoms with Crippen molar-refractivity contribution in [2.45, 2.75) is 122 Å². The van der Waals surface area contributed by atoms with Crippen LogP contribution in [0.1, 0.15) is 112 Å². The van der Waals surface area contributed by atoms with Crippen molar-refractivity contribution in [2.24, 2.45) is 52.3 Å². The Kier molecular flexibility index (Phi) is 7.43. The monoisotopic (exact) mass is 482 g/mol. The lowest BCUT2D eigenvalue weighted by Gasteiger charge is -2.61. The molecular formula is C31H50N2S. The number of rotatable bonds is 7. The van der Waals surface area contributed by atoms with Crippen LogP contribution < -0.4 is 0 Å². The van der Waals surface area contributed by atoms with E-state index in [2.05, 4.69) is 44.6 Å². The van der Waals surface area contributed by atoms with Gasteiger partial charge in [0, 0.05) is 17.6 Å². The van der Waals surface area contributed by atoms with Crippen molar-refractivity contribution in [2.75, 3.05) is 0 Å². The second-order valence-electron chi connectivity index (χ2n) is 13.7. The van der Waals surface area contributed by atoms with Gasteiger partial charge in [-0.05, 0) is 116 Å². The fraction of sp³-hybridized carbons (Fsp3) is 0.871. The smallest absolute Gasteiger partial charge is 0.187 e. The molecular weight excluding hydrogens is 432 g/mol. The molecule has 4 aliphatic carbocycles. The minimum absolute atomic E-state index is 0.583. The average Bonchev–Trinajstić information content (AvgIpc) is 3.17. The van der Waals surface area contributed by atoms with Crippen LogP contribution in [0.2, 0.25) is 0 Å². The molecule has 5 rings (SSSR count). The minimum atomic E-state index is 0.583. The first-order valence-electron chi connectivity index (χ1n) is 14.7. The highest BCUT2D eigenvalue weighted by atomic mass is 32.2. The highest BCUT2D eigenvalue weighted by Crippen LogP contribution is 2.68. The maximum atomic E-state index is 4.50. The quantitative estimate of drug-likeness (QED) is 0.362. The second-order valence-corrected chi connectivity index (χ2v) is 15.0. The maximum Gasteiger partial charge on any atom is 0.187 e. The lowest BCUT2D eigenvalue weighted by atomic mass is 9.44. The summed E-state index contributed by atoms with van der Waals surface area (Å²) in [4.78, 5) is 9.01. The molecule has 0 bridgehead atoms. The summed E-state index contributed by atoms with van der Waals surface area (Å²) in [6, 6.07) is 1.93. The van der Waals surface area contributed by atoms with Crippen molar-refractivity contribution < 1.29 is 0 Å². The largest absolute Gasteiger partial charge is 0.231 e. The number of fused-ring (bicyclic) bond motifs is 5. The van der Waals surface area contributed by atoms with Gasteiger partial charge in [-0.2, -0.15) is 0 Å². The van der Waals surface area contributed by atoms with Crippen molar-refractivity contribution in [3.05, 3.63) is 18.5 Å². The predicted molar refractivity (Wildman–Crippen MR) is 145 cm³/mol. The van der Waals surface area contributed by atoms with Gasteiger partial charge in [0.2, 0.25) is 0 Å². The molecule has 1 aromatic heterocycles. The first-order chi connectivity index (χ1) is 16.3. The average molecular weight is 483 g/mol. The molecule has 3 heteroatoms. The summed E-state index contributed by atoms with van der Waals surface area (Å²) < 4.78 is 0. The zero-order valence-corrected chi connectivity index (χ0v) is 23.5. The number of hydrogen-bond donors (Lipinski definition) is 0. The van der Waals surface area contributed by atoms with E-state index < -0.39 is 0 Å². The van der Waals surface area contributed by atoms with Crippen LogP contribution in [0.25, 0.3) is 0 Å². The van der Waals surface area contributed by atoms with Crippen LogP contribution in [-0.4, -0.2) is 15.2 Å². The highest BCUT2D eigenvalue weighted by Gasteiger charge is 2.60. The Morgan fingerprint density at radius 1 is 0.882 bits per heavy atom. The van der Waals surface area contributed by atoms with Gasteiger partial charge >= 0.3 is 0 Å². The van der Waals surface area contributed by atoms with Gasteiger partial charge in [0.25, 0.3) is 0 Å². The van der Waals surface area contributed by atoms with Gasteiger partial charge < -0.3 is 0 Å². The van der Waals surface area contributed by atoms with Crippen LogP contribution in [0.5, 0.6) is 0 Å². The van der Waals surface area contributed by atoms with Crippen molar-refractivity contribution >= 4 is 11.8 Å². The van der Waals surface area contributed by atoms with E-state index in [0.717, 1.165) is 46.6 Å². The lowest BCUT2D eigenvalue weighted by Crippen LogP contribution is -2.54. The van der Waals surface area contributed by atoms with E-state index in [-0.39, 0.29) is 0 Å². The fourth-order valence-electron chi connectivity index (χ4n) is 9.85. The summed E-state index contributed by atoms with van der Waals surface area (Å²) in [5, 5.41) is 1.70. The van der Waals surface area contributed by atoms with Gasteiger partial charge in [0.05, 0.1) is 0 Å². The Morgan fingerprint density at radius 2 is 1.62 bits per heavy atom. The molecule has 1 heterocycles. The van der Waals surface area contributed by atoms with Gasteiger partial charge in [-0.25, -0.2) is 9.97 Å². The molecule has 0 aromatic carbocycles. The molecule has 0 radical (unpaired) electrons. The fourth-order valence-corrected chi connectivity index (χ4v) is 11.0. The Morgan fingerprint density at radius 3 is 2.38 bits per heavy atom. The first-order valence-corrected chi connectivity index (χ1v) is 15.6. The van der Waals surface area contributed by atoms with E-state index in [0.29, 0.717) is 16.1 Å². The predicted octanol–water partition coefficient (Wildman–Crippen LogP) is 9.06. The van der Waals surface area contributed by atoms with Crippen molar-refractivity contribution in [1.29, 1.82) is 0 Å². The first kappa shape index (κ1) is 25.1. The molecule has 1 unspecified atom stereocenters. The van der Waals surface area contributed by atoms with Gasteiger partial charge in [0.15, 0.2) is 5.16 Å². The zero-order chi connectivity index (χ0) is 23.9. The number of aromatic nitrogens is 2. The summed E-state index contributed by atoms with van der Waals surface area (Å²) in [6.45, 7) is 12.8. The van der Waals surface area contributed by atoms with E-state index in [1.807, 2.05) is 30.2 Å². The van der Waals surface area contributed by atoms with E-state index in [4.69, 9.17) is 0 Å². The van der Waals surface area contributed by atoms with Gasteiger partial charge in [-0.15, -0.1) is 0 Å². The van der Waals surface area contributed by atoms with Crippen LogP contribution in [0.4, 0.5) is 0 Å². The molecule has 4 fully saturated rings. The molecule has 1 aromatic rings. The molecule has 2 nitrogen and oxygen atoms in total. The number of thioether (sulfide) groups is 1. The standard InChI is InChI=1S/C31H50N2S/c1-21(2)8-6-9-22(3)26-12-13-27-25-11-10-23-20-24(34-29-32-18-7-19-33-29)14-16-30(23,4)28(25)15-17-31(26,27)5/h7,18-19,21-28H,6,8-17,20H2,1-5H3/t22-,23+,24-,25+,26-,27+,28?,30+,31-/m1/s1. The molecule has 0 saturated heterocycles. The molecule has 0 spiro atoms. The highest BCUT2D eigenvalue weighted by molar-refractivity contribution is 7.99. The number of nitrogens with zero attached hydrogens (tertiary/aromatic N) is 2. The molecule has 0 amide bonds. The SMILES string of the molecule is CC(C)CCC[C@@H](C)[C@H]1CC[C@H]2[C@@H]3CC[C@H]4C[C@H](Sc5ncccn5)CC[C@]4(C)C3CC[C@]12C. The summed E-state index contributed by atoms with van der Waals surface area (Å²) in [5.41, 5.74) is 1.21. The van der Waals surface area contributed by atoms with Crippen LogP contribution in [-0.2, 0) is 0 Å². The Labute approximate surface area is 214 Å². The molecule has 0 aliphatic heterocycles. The van der Waals surface area contributed by atoms with E-state index >= 15 is 0 Å². The van der Waals surface area contributed by atoms with Crippen LogP contribution in [0.15, 0.2) is 23.6 Å². The van der Waals surface area contributed by atoms with Crippen molar-refractivity contribution in [3.8, 4) is 0 Å². The van der Waals surface area contributed by atoms with Crippen LogP contribution in [0, 0.1) is 52.3 Å². The Bertz CT molecular complexity index is 811. The summed E-state index contributed by atoms with van der Waals surface area (Å²) in [5.74, 6) is 6.68. The van der Waals surface area contributed by atoms with E-state index in [1.165, 1.54) is 77.0 Å². The van der Waals surface area contributed by atoms with Crippen molar-refractivity contribution in [3.63, 3.8) is 0 Å². The topological polar surface area (TPSA) is 25.8 Å². The maximum absolute atomic E-state index is 4.50. The summed E-state index contributed by atoms with van der Waals surface area (Å²) in [6.07, 6.45) is 21.3. The summed E-state index contributed by atoms with van der Waals surface area (Å²) >= 11 is 1.95. The molecule has 190 valence electrons. The lowest BCUT2D eigenvalue weighted by molar-refractivity contribution is -0.113. The molecule has 0 N–H and O–H groups in total. The molecule has 4 aliphatic rings. The Hall–Kier alpha value is -0.570. The van der Waals surface area contributed by atoms with Crippen molar-refractivity contribution in [1.82, 2.24) is 9.97 Å². The molecule has 9 atom stereocenters. The van der Waals surface area contributed by atoms with Gasteiger partial charge in [-0.1, -0.05) is 65.6 Å². The Balaban J connectivity index is 1.24. The van der Waals surface area contributed by atoms with Gasteiger partial charge in [-0.3, -0.25) is 0 Å². The molecule has 34 heavy (non-hydrogen) atoms. The second kappa shape index (κ2) is 10.1.